The Morgan fingerprint density at radius 1 is 1.50 bits per heavy atom. The molecule has 1 unspecified atom stereocenters. The van der Waals surface area contributed by atoms with Gasteiger partial charge in [0.1, 0.15) is 5.75 Å². The van der Waals surface area contributed by atoms with Crippen LogP contribution in [0.15, 0.2) is 24.3 Å². The second kappa shape index (κ2) is 5.73. The number of aliphatic carboxylic acids is 1. The second-order valence-corrected chi connectivity index (χ2v) is 4.39. The minimum absolute atomic E-state index is 0.0124. The van der Waals surface area contributed by atoms with Crippen LogP contribution in [0, 0.1) is 0 Å². The van der Waals surface area contributed by atoms with E-state index in [2.05, 4.69) is 10.2 Å². The average molecular weight is 250 g/mol. The standard InChI is InChI=1S/C13H18N2O3/c1-18-12-4-2-11(3-5-12)15-7-6-14-10(9-15)8-13(16)17/h2-5,10,14H,6-9H2,1H3,(H,16,17). The number of carboxylic acid groups (broad SMARTS) is 1. The Morgan fingerprint density at radius 3 is 2.83 bits per heavy atom. The maximum atomic E-state index is 10.7. The largest absolute Gasteiger partial charge is 0.497 e. The number of ether oxygens (including phenoxy) is 1. The molecule has 98 valence electrons. The van der Waals surface area contributed by atoms with E-state index in [1.54, 1.807) is 7.11 Å². The maximum Gasteiger partial charge on any atom is 0.304 e. The normalized spacial score (nSPS) is 19.6. The van der Waals surface area contributed by atoms with Crippen LogP contribution in [0.3, 0.4) is 0 Å². The molecule has 1 atom stereocenters. The van der Waals surface area contributed by atoms with Crippen LogP contribution >= 0.6 is 0 Å². The molecule has 2 N–H and O–H groups in total. The van der Waals surface area contributed by atoms with Crippen molar-refractivity contribution in [1.29, 1.82) is 0 Å². The van der Waals surface area contributed by atoms with Crippen LogP contribution in [0.4, 0.5) is 5.69 Å². The number of benzene rings is 1. The molecule has 0 spiro atoms. The number of carbonyl (C=O) groups is 1. The summed E-state index contributed by atoms with van der Waals surface area (Å²) < 4.78 is 5.12. The van der Waals surface area contributed by atoms with Crippen LogP contribution in [0.25, 0.3) is 0 Å². The molecule has 0 saturated carbocycles. The lowest BCUT2D eigenvalue weighted by Crippen LogP contribution is -2.51. The molecule has 0 aromatic heterocycles. The van der Waals surface area contributed by atoms with Crippen molar-refractivity contribution in [1.82, 2.24) is 5.32 Å². The van der Waals surface area contributed by atoms with Gasteiger partial charge in [-0.05, 0) is 24.3 Å². The van der Waals surface area contributed by atoms with Crippen LogP contribution < -0.4 is 15.0 Å². The Labute approximate surface area is 106 Å². The minimum Gasteiger partial charge on any atom is -0.497 e. The van der Waals surface area contributed by atoms with E-state index >= 15 is 0 Å². The fraction of sp³-hybridized carbons (Fsp3) is 0.462. The van der Waals surface area contributed by atoms with Gasteiger partial charge in [0.2, 0.25) is 0 Å². The van der Waals surface area contributed by atoms with Gasteiger partial charge in [-0.25, -0.2) is 0 Å². The van der Waals surface area contributed by atoms with Gasteiger partial charge in [-0.1, -0.05) is 0 Å². The molecule has 18 heavy (non-hydrogen) atoms. The Balaban J connectivity index is 2.01. The van der Waals surface area contributed by atoms with E-state index in [1.165, 1.54) is 0 Å². The molecular weight excluding hydrogens is 232 g/mol. The van der Waals surface area contributed by atoms with Gasteiger partial charge in [0.25, 0.3) is 0 Å². The smallest absolute Gasteiger partial charge is 0.304 e. The molecule has 0 aliphatic carbocycles. The van der Waals surface area contributed by atoms with Crippen molar-refractivity contribution in [3.63, 3.8) is 0 Å². The third-order valence-corrected chi connectivity index (χ3v) is 3.11. The Hall–Kier alpha value is -1.75. The number of methoxy groups -OCH3 is 1. The molecule has 1 aromatic rings. The van der Waals surface area contributed by atoms with Crippen molar-refractivity contribution in [3.05, 3.63) is 24.3 Å². The number of piperazine rings is 1. The molecule has 5 heteroatoms. The lowest BCUT2D eigenvalue weighted by molar-refractivity contribution is -0.137. The fourth-order valence-electron chi connectivity index (χ4n) is 2.20. The molecule has 5 nitrogen and oxygen atoms in total. The van der Waals surface area contributed by atoms with Gasteiger partial charge in [-0.15, -0.1) is 0 Å². The van der Waals surface area contributed by atoms with Gasteiger partial charge >= 0.3 is 5.97 Å². The van der Waals surface area contributed by atoms with E-state index in [-0.39, 0.29) is 12.5 Å². The summed E-state index contributed by atoms with van der Waals surface area (Å²) in [6.45, 7) is 2.42. The minimum atomic E-state index is -0.760. The SMILES string of the molecule is COc1ccc(N2CCNC(CC(=O)O)C2)cc1. The quantitative estimate of drug-likeness (QED) is 0.833. The highest BCUT2D eigenvalue weighted by molar-refractivity contribution is 5.67. The van der Waals surface area contributed by atoms with Crippen LogP contribution in [-0.4, -0.2) is 43.9 Å². The van der Waals surface area contributed by atoms with Crippen molar-refractivity contribution < 1.29 is 14.6 Å². The predicted molar refractivity (Wildman–Crippen MR) is 69.3 cm³/mol. The van der Waals surface area contributed by atoms with Crippen molar-refractivity contribution >= 4 is 11.7 Å². The highest BCUT2D eigenvalue weighted by Gasteiger charge is 2.21. The molecular formula is C13H18N2O3. The number of rotatable bonds is 4. The number of carboxylic acids is 1. The van der Waals surface area contributed by atoms with Gasteiger partial charge in [-0.3, -0.25) is 4.79 Å². The van der Waals surface area contributed by atoms with Crippen LogP contribution in [0.2, 0.25) is 0 Å². The van der Waals surface area contributed by atoms with E-state index in [9.17, 15) is 4.79 Å². The highest BCUT2D eigenvalue weighted by atomic mass is 16.5. The highest BCUT2D eigenvalue weighted by Crippen LogP contribution is 2.20. The van der Waals surface area contributed by atoms with E-state index in [1.807, 2.05) is 24.3 Å². The van der Waals surface area contributed by atoms with Gasteiger partial charge in [-0.2, -0.15) is 0 Å². The summed E-state index contributed by atoms with van der Waals surface area (Å²) in [7, 11) is 1.64. The molecule has 0 radical (unpaired) electrons. The zero-order valence-electron chi connectivity index (χ0n) is 10.4. The number of anilines is 1. The lowest BCUT2D eigenvalue weighted by atomic mass is 10.1. The molecule has 1 aromatic carbocycles. The second-order valence-electron chi connectivity index (χ2n) is 4.39. The molecule has 1 saturated heterocycles. The molecule has 1 heterocycles. The van der Waals surface area contributed by atoms with Crippen LogP contribution in [0.1, 0.15) is 6.42 Å². The first-order valence-corrected chi connectivity index (χ1v) is 6.03. The first-order valence-electron chi connectivity index (χ1n) is 6.03. The summed E-state index contributed by atoms with van der Waals surface area (Å²) in [5.74, 6) is 0.0695. The molecule has 1 aliphatic heterocycles. The van der Waals surface area contributed by atoms with Crippen molar-refractivity contribution in [2.24, 2.45) is 0 Å². The first kappa shape index (κ1) is 12.7. The zero-order chi connectivity index (χ0) is 13.0. The fourth-order valence-corrected chi connectivity index (χ4v) is 2.20. The van der Waals surface area contributed by atoms with E-state index < -0.39 is 5.97 Å². The number of nitrogens with one attached hydrogen (secondary N) is 1. The Kier molecular flexibility index (Phi) is 4.04. The van der Waals surface area contributed by atoms with Crippen LogP contribution in [0.5, 0.6) is 5.75 Å². The van der Waals surface area contributed by atoms with Crippen molar-refractivity contribution in [2.45, 2.75) is 12.5 Å². The summed E-state index contributed by atoms with van der Waals surface area (Å²) in [4.78, 5) is 12.9. The van der Waals surface area contributed by atoms with Crippen molar-refractivity contribution in [2.75, 3.05) is 31.6 Å². The third-order valence-electron chi connectivity index (χ3n) is 3.11. The predicted octanol–water partition coefficient (Wildman–Crippen LogP) is 0.948. The lowest BCUT2D eigenvalue weighted by Gasteiger charge is -2.34. The summed E-state index contributed by atoms with van der Waals surface area (Å²) in [6, 6.07) is 7.86. The third kappa shape index (κ3) is 3.13. The zero-order valence-corrected chi connectivity index (χ0v) is 10.4. The Morgan fingerprint density at radius 2 is 2.22 bits per heavy atom. The molecule has 2 rings (SSSR count). The first-order chi connectivity index (χ1) is 8.69. The van der Waals surface area contributed by atoms with Gasteiger partial charge < -0.3 is 20.1 Å². The number of hydrogen-bond acceptors (Lipinski definition) is 4. The summed E-state index contributed by atoms with van der Waals surface area (Å²) in [6.07, 6.45) is 0.159. The monoisotopic (exact) mass is 250 g/mol. The molecule has 0 amide bonds. The number of hydrogen-bond donors (Lipinski definition) is 2. The van der Waals surface area contributed by atoms with Crippen LogP contribution in [-0.2, 0) is 4.79 Å². The maximum absolute atomic E-state index is 10.7. The average Bonchev–Trinajstić information content (AvgIpc) is 2.38. The topological polar surface area (TPSA) is 61.8 Å². The molecule has 1 aliphatic rings. The van der Waals surface area contributed by atoms with Crippen molar-refractivity contribution in [3.8, 4) is 5.75 Å². The van der Waals surface area contributed by atoms with E-state index in [4.69, 9.17) is 9.84 Å². The van der Waals surface area contributed by atoms with E-state index in [0.717, 1.165) is 31.1 Å². The summed E-state index contributed by atoms with van der Waals surface area (Å²) in [5.41, 5.74) is 1.10. The molecule has 0 bridgehead atoms. The van der Waals surface area contributed by atoms with Gasteiger partial charge in [0.15, 0.2) is 0 Å². The Bertz CT molecular complexity index is 405. The summed E-state index contributed by atoms with van der Waals surface area (Å²) >= 11 is 0. The summed E-state index contributed by atoms with van der Waals surface area (Å²) in [5, 5.41) is 12.0. The number of nitrogens with zero attached hydrogens (tertiary/aromatic N) is 1. The van der Waals surface area contributed by atoms with E-state index in [0.29, 0.717) is 0 Å². The molecule has 1 fully saturated rings. The van der Waals surface area contributed by atoms with Gasteiger partial charge in [0.05, 0.1) is 13.5 Å². The van der Waals surface area contributed by atoms with Gasteiger partial charge in [0, 0.05) is 31.4 Å².